The van der Waals surface area contributed by atoms with Gasteiger partial charge in [-0.15, -0.1) is 0 Å². The lowest BCUT2D eigenvalue weighted by molar-refractivity contribution is -0.158. The standard InChI is InChI=1S/C10H22N2O4S/c1-6-7(2)8(12-17(11,14)15)9(13)16-10(3,4)5/h7-8,12H,6H2,1-5H3,(H2,11,14,15)/t7-,8-/m0/s1. The number of carbonyl (C=O) groups excluding carboxylic acids is 1. The van der Waals surface area contributed by atoms with E-state index in [2.05, 4.69) is 4.72 Å². The molecule has 0 fully saturated rings. The van der Waals surface area contributed by atoms with E-state index in [0.717, 1.165) is 0 Å². The van der Waals surface area contributed by atoms with E-state index in [0.29, 0.717) is 6.42 Å². The highest BCUT2D eigenvalue weighted by atomic mass is 32.2. The monoisotopic (exact) mass is 266 g/mol. The summed E-state index contributed by atoms with van der Waals surface area (Å²) >= 11 is 0. The Morgan fingerprint density at radius 2 is 1.88 bits per heavy atom. The predicted molar refractivity (Wildman–Crippen MR) is 65.3 cm³/mol. The van der Waals surface area contributed by atoms with E-state index in [-0.39, 0.29) is 5.92 Å². The fourth-order valence-corrected chi connectivity index (χ4v) is 1.86. The van der Waals surface area contributed by atoms with Gasteiger partial charge in [-0.25, -0.2) is 5.14 Å². The summed E-state index contributed by atoms with van der Waals surface area (Å²) in [6, 6.07) is -0.950. The third kappa shape index (κ3) is 7.30. The van der Waals surface area contributed by atoms with Crippen molar-refractivity contribution < 1.29 is 17.9 Å². The van der Waals surface area contributed by atoms with Gasteiger partial charge in [-0.05, 0) is 26.7 Å². The van der Waals surface area contributed by atoms with Gasteiger partial charge >= 0.3 is 5.97 Å². The number of hydrogen-bond acceptors (Lipinski definition) is 4. The number of hydrogen-bond donors (Lipinski definition) is 2. The number of nitrogens with two attached hydrogens (primary N) is 1. The molecule has 0 aromatic heterocycles. The van der Waals surface area contributed by atoms with Crippen LogP contribution in [0.25, 0.3) is 0 Å². The topological polar surface area (TPSA) is 98.5 Å². The van der Waals surface area contributed by atoms with Crippen molar-refractivity contribution >= 4 is 16.2 Å². The van der Waals surface area contributed by atoms with Crippen LogP contribution in [0, 0.1) is 5.92 Å². The van der Waals surface area contributed by atoms with Crippen molar-refractivity contribution in [3.8, 4) is 0 Å². The van der Waals surface area contributed by atoms with Gasteiger partial charge < -0.3 is 4.74 Å². The molecule has 0 aromatic carbocycles. The Morgan fingerprint density at radius 1 is 1.41 bits per heavy atom. The van der Waals surface area contributed by atoms with Crippen LogP contribution >= 0.6 is 0 Å². The van der Waals surface area contributed by atoms with Crippen LogP contribution in [0.4, 0.5) is 0 Å². The third-order valence-electron chi connectivity index (χ3n) is 2.16. The maximum absolute atomic E-state index is 11.8. The Balaban J connectivity index is 4.88. The van der Waals surface area contributed by atoms with E-state index < -0.39 is 27.8 Å². The average molecular weight is 266 g/mol. The Morgan fingerprint density at radius 3 is 2.18 bits per heavy atom. The second-order valence-electron chi connectivity index (χ2n) is 5.06. The van der Waals surface area contributed by atoms with Crippen molar-refractivity contribution in [2.24, 2.45) is 11.1 Å². The van der Waals surface area contributed by atoms with E-state index in [1.54, 1.807) is 27.7 Å². The first-order valence-electron chi connectivity index (χ1n) is 5.49. The van der Waals surface area contributed by atoms with Gasteiger partial charge in [0.2, 0.25) is 0 Å². The van der Waals surface area contributed by atoms with E-state index in [1.807, 2.05) is 6.92 Å². The van der Waals surface area contributed by atoms with Gasteiger partial charge in [0.05, 0.1) is 0 Å². The lowest BCUT2D eigenvalue weighted by atomic mass is 10.00. The molecule has 0 aliphatic rings. The van der Waals surface area contributed by atoms with Gasteiger partial charge in [0, 0.05) is 0 Å². The minimum atomic E-state index is -3.93. The van der Waals surface area contributed by atoms with Gasteiger partial charge in [-0.1, -0.05) is 20.3 Å². The summed E-state index contributed by atoms with van der Waals surface area (Å²) in [6.45, 7) is 8.76. The quantitative estimate of drug-likeness (QED) is 0.709. The molecule has 7 heteroatoms. The van der Waals surface area contributed by atoms with Crippen molar-refractivity contribution in [2.45, 2.75) is 52.7 Å². The molecule has 0 radical (unpaired) electrons. The van der Waals surface area contributed by atoms with Gasteiger partial charge in [0.1, 0.15) is 11.6 Å². The van der Waals surface area contributed by atoms with E-state index in [1.165, 1.54) is 0 Å². The highest BCUT2D eigenvalue weighted by Crippen LogP contribution is 2.15. The molecule has 0 rings (SSSR count). The first kappa shape index (κ1) is 16.3. The molecule has 2 atom stereocenters. The molecular formula is C10H22N2O4S. The lowest BCUT2D eigenvalue weighted by Gasteiger charge is -2.26. The minimum Gasteiger partial charge on any atom is -0.459 e. The van der Waals surface area contributed by atoms with Crippen molar-refractivity contribution in [1.82, 2.24) is 4.72 Å². The molecule has 3 N–H and O–H groups in total. The Kier molecular flexibility index (Phi) is 5.57. The number of esters is 1. The molecule has 0 saturated carbocycles. The molecule has 0 aromatic rings. The molecule has 0 heterocycles. The summed E-state index contributed by atoms with van der Waals surface area (Å²) < 4.78 is 29.2. The molecule has 0 unspecified atom stereocenters. The van der Waals surface area contributed by atoms with Crippen LogP contribution in [-0.2, 0) is 19.7 Å². The molecule has 6 nitrogen and oxygen atoms in total. The average Bonchev–Trinajstić information content (AvgIpc) is 2.08. The largest absolute Gasteiger partial charge is 0.459 e. The molecule has 0 spiro atoms. The first-order valence-corrected chi connectivity index (χ1v) is 7.04. The smallest absolute Gasteiger partial charge is 0.325 e. The van der Waals surface area contributed by atoms with Gasteiger partial charge in [0.25, 0.3) is 10.2 Å². The van der Waals surface area contributed by atoms with Crippen LogP contribution in [0.2, 0.25) is 0 Å². The fraction of sp³-hybridized carbons (Fsp3) is 0.900. The number of nitrogens with one attached hydrogen (secondary N) is 1. The van der Waals surface area contributed by atoms with Crippen molar-refractivity contribution in [2.75, 3.05) is 0 Å². The summed E-state index contributed by atoms with van der Waals surface area (Å²) in [7, 11) is -3.93. The van der Waals surface area contributed by atoms with Crippen molar-refractivity contribution in [1.29, 1.82) is 0 Å². The van der Waals surface area contributed by atoms with E-state index in [4.69, 9.17) is 9.88 Å². The summed E-state index contributed by atoms with van der Waals surface area (Å²) in [6.07, 6.45) is 0.631. The van der Waals surface area contributed by atoms with Gasteiger partial charge in [0.15, 0.2) is 0 Å². The molecule has 102 valence electrons. The fourth-order valence-electron chi connectivity index (χ4n) is 1.17. The highest BCUT2D eigenvalue weighted by Gasteiger charge is 2.31. The number of carbonyl (C=O) groups is 1. The Bertz CT molecular complexity index is 359. The van der Waals surface area contributed by atoms with Crippen LogP contribution in [-0.4, -0.2) is 26.0 Å². The zero-order valence-corrected chi connectivity index (χ0v) is 11.8. The Labute approximate surface area is 103 Å². The first-order chi connectivity index (χ1) is 7.46. The SMILES string of the molecule is CC[C@H](C)[C@H](NS(N)(=O)=O)C(=O)OC(C)(C)C. The normalized spacial score (nSPS) is 16.4. The second-order valence-corrected chi connectivity index (χ2v) is 6.39. The van der Waals surface area contributed by atoms with E-state index >= 15 is 0 Å². The summed E-state index contributed by atoms with van der Waals surface area (Å²) in [5.74, 6) is -0.802. The summed E-state index contributed by atoms with van der Waals surface area (Å²) in [5.41, 5.74) is -0.664. The molecule has 0 amide bonds. The summed E-state index contributed by atoms with van der Waals surface area (Å²) in [4.78, 5) is 11.8. The van der Waals surface area contributed by atoms with E-state index in [9.17, 15) is 13.2 Å². The number of ether oxygens (including phenoxy) is 1. The molecule has 0 saturated heterocycles. The Hall–Kier alpha value is -0.660. The number of rotatable bonds is 5. The lowest BCUT2D eigenvalue weighted by Crippen LogP contribution is -2.49. The zero-order valence-electron chi connectivity index (χ0n) is 11.0. The van der Waals surface area contributed by atoms with Crippen LogP contribution in [0.3, 0.4) is 0 Å². The minimum absolute atomic E-state index is 0.192. The molecule has 0 aliphatic heterocycles. The van der Waals surface area contributed by atoms with Crippen LogP contribution in [0.15, 0.2) is 0 Å². The molecular weight excluding hydrogens is 244 g/mol. The van der Waals surface area contributed by atoms with Crippen molar-refractivity contribution in [3.05, 3.63) is 0 Å². The molecule has 0 aliphatic carbocycles. The van der Waals surface area contributed by atoms with Gasteiger partial charge in [-0.2, -0.15) is 13.1 Å². The molecule has 0 bridgehead atoms. The van der Waals surface area contributed by atoms with Crippen LogP contribution in [0.5, 0.6) is 0 Å². The van der Waals surface area contributed by atoms with Crippen LogP contribution in [0.1, 0.15) is 41.0 Å². The predicted octanol–water partition coefficient (Wildman–Crippen LogP) is 0.536. The van der Waals surface area contributed by atoms with Crippen LogP contribution < -0.4 is 9.86 Å². The zero-order chi connectivity index (χ0) is 13.9. The molecule has 17 heavy (non-hydrogen) atoms. The maximum atomic E-state index is 11.8. The van der Waals surface area contributed by atoms with Crippen molar-refractivity contribution in [3.63, 3.8) is 0 Å². The maximum Gasteiger partial charge on any atom is 0.325 e. The van der Waals surface area contributed by atoms with Gasteiger partial charge in [-0.3, -0.25) is 4.79 Å². The summed E-state index contributed by atoms with van der Waals surface area (Å²) in [5, 5.41) is 4.88. The second kappa shape index (κ2) is 5.79. The highest BCUT2D eigenvalue weighted by molar-refractivity contribution is 7.87. The third-order valence-corrected chi connectivity index (χ3v) is 2.75.